The number of phenolic OH excluding ortho intramolecular Hbond substituents is 1. The quantitative estimate of drug-likeness (QED) is 0.781. The van der Waals surface area contributed by atoms with Gasteiger partial charge in [-0.05, 0) is 26.0 Å². The minimum atomic E-state index is -2.18. The molecule has 1 atom stereocenters. The van der Waals surface area contributed by atoms with Crippen LogP contribution in [0.2, 0.25) is 0 Å². The lowest BCUT2D eigenvalue weighted by molar-refractivity contribution is -0.156. The molecule has 1 N–H and O–H groups in total. The Hall–Kier alpha value is -1.58. The third kappa shape index (κ3) is 2.46. The second kappa shape index (κ2) is 4.29. The van der Waals surface area contributed by atoms with Gasteiger partial charge in [-0.25, -0.2) is 9.18 Å². The zero-order chi connectivity index (χ0) is 11.5. The number of aromatic hydroxyl groups is 1. The minimum absolute atomic E-state index is 0.0263. The van der Waals surface area contributed by atoms with Crippen LogP contribution >= 0.6 is 0 Å². The number of carbonyl (C=O) groups excluding carboxylic acids is 1. The van der Waals surface area contributed by atoms with E-state index in [2.05, 4.69) is 4.74 Å². The fraction of sp³-hybridized carbons (Fsp3) is 0.364. The number of hydrogen-bond acceptors (Lipinski definition) is 3. The number of halogens is 1. The molecule has 1 unspecified atom stereocenters. The maximum Gasteiger partial charge on any atom is 0.348 e. The van der Waals surface area contributed by atoms with E-state index in [9.17, 15) is 9.18 Å². The van der Waals surface area contributed by atoms with E-state index in [0.717, 1.165) is 6.92 Å². The first kappa shape index (κ1) is 11.5. The Kier molecular flexibility index (Phi) is 3.29. The lowest BCUT2D eigenvalue weighted by Gasteiger charge is -2.18. The van der Waals surface area contributed by atoms with Crippen molar-refractivity contribution in [2.75, 3.05) is 6.61 Å². The molecule has 4 heteroatoms. The number of rotatable bonds is 3. The van der Waals surface area contributed by atoms with Gasteiger partial charge >= 0.3 is 5.97 Å². The molecule has 15 heavy (non-hydrogen) atoms. The highest BCUT2D eigenvalue weighted by molar-refractivity contribution is 5.80. The first-order valence-electron chi connectivity index (χ1n) is 4.64. The van der Waals surface area contributed by atoms with Crippen LogP contribution in [0.15, 0.2) is 24.3 Å². The van der Waals surface area contributed by atoms with Gasteiger partial charge in [0.1, 0.15) is 5.75 Å². The number of alkyl halides is 1. The van der Waals surface area contributed by atoms with Crippen molar-refractivity contribution in [2.24, 2.45) is 0 Å². The van der Waals surface area contributed by atoms with E-state index >= 15 is 0 Å². The molecule has 1 rings (SSSR count). The monoisotopic (exact) mass is 212 g/mol. The summed E-state index contributed by atoms with van der Waals surface area (Å²) in [5.41, 5.74) is -2.01. The van der Waals surface area contributed by atoms with E-state index in [1.54, 1.807) is 6.92 Å². The molecule has 0 bridgehead atoms. The summed E-state index contributed by atoms with van der Waals surface area (Å²) in [4.78, 5) is 11.3. The van der Waals surface area contributed by atoms with Crippen molar-refractivity contribution in [3.63, 3.8) is 0 Å². The highest BCUT2D eigenvalue weighted by atomic mass is 19.1. The van der Waals surface area contributed by atoms with Crippen LogP contribution in [0.5, 0.6) is 5.75 Å². The topological polar surface area (TPSA) is 46.5 Å². The molecule has 0 aliphatic heterocycles. The molecule has 0 aliphatic rings. The molecule has 3 nitrogen and oxygen atoms in total. The first-order chi connectivity index (χ1) is 6.98. The molecule has 0 aromatic heterocycles. The summed E-state index contributed by atoms with van der Waals surface area (Å²) in [6.07, 6.45) is 0. The lowest BCUT2D eigenvalue weighted by atomic mass is 9.98. The second-order valence-corrected chi connectivity index (χ2v) is 3.27. The van der Waals surface area contributed by atoms with Gasteiger partial charge in [0, 0.05) is 5.56 Å². The van der Waals surface area contributed by atoms with E-state index in [1.165, 1.54) is 24.3 Å². The number of esters is 1. The first-order valence-corrected chi connectivity index (χ1v) is 4.64. The van der Waals surface area contributed by atoms with Gasteiger partial charge < -0.3 is 9.84 Å². The Morgan fingerprint density at radius 2 is 2.00 bits per heavy atom. The minimum Gasteiger partial charge on any atom is -0.508 e. The molecule has 0 heterocycles. The summed E-state index contributed by atoms with van der Waals surface area (Å²) in [5.74, 6) is -0.894. The van der Waals surface area contributed by atoms with E-state index < -0.39 is 11.6 Å². The fourth-order valence-corrected chi connectivity index (χ4v) is 1.16. The number of hydrogen-bond donors (Lipinski definition) is 1. The van der Waals surface area contributed by atoms with Crippen molar-refractivity contribution in [1.29, 1.82) is 0 Å². The van der Waals surface area contributed by atoms with E-state index in [4.69, 9.17) is 5.11 Å². The molecular weight excluding hydrogens is 199 g/mol. The predicted molar refractivity (Wildman–Crippen MR) is 53.2 cm³/mol. The van der Waals surface area contributed by atoms with Crippen LogP contribution in [0.4, 0.5) is 4.39 Å². The van der Waals surface area contributed by atoms with Gasteiger partial charge in [-0.2, -0.15) is 0 Å². The van der Waals surface area contributed by atoms with Gasteiger partial charge in [0.25, 0.3) is 0 Å². The largest absolute Gasteiger partial charge is 0.508 e. The third-order valence-corrected chi connectivity index (χ3v) is 2.07. The zero-order valence-corrected chi connectivity index (χ0v) is 8.66. The number of phenols is 1. The third-order valence-electron chi connectivity index (χ3n) is 2.07. The van der Waals surface area contributed by atoms with Crippen LogP contribution in [0, 0.1) is 0 Å². The van der Waals surface area contributed by atoms with E-state index in [0.29, 0.717) is 0 Å². The summed E-state index contributed by atoms with van der Waals surface area (Å²) in [7, 11) is 0. The number of ether oxygens (including phenoxy) is 1. The maximum absolute atomic E-state index is 14.0. The van der Waals surface area contributed by atoms with Crippen LogP contribution < -0.4 is 0 Å². The van der Waals surface area contributed by atoms with Crippen LogP contribution in [0.25, 0.3) is 0 Å². The second-order valence-electron chi connectivity index (χ2n) is 3.27. The Morgan fingerprint density at radius 3 is 2.47 bits per heavy atom. The molecule has 0 radical (unpaired) electrons. The molecule has 0 saturated heterocycles. The summed E-state index contributed by atoms with van der Waals surface area (Å²) in [6, 6.07) is 5.36. The lowest BCUT2D eigenvalue weighted by Crippen LogP contribution is -2.29. The molecule has 1 aromatic carbocycles. The average molecular weight is 212 g/mol. The van der Waals surface area contributed by atoms with Crippen LogP contribution in [-0.4, -0.2) is 17.7 Å². The number of benzene rings is 1. The smallest absolute Gasteiger partial charge is 0.348 e. The van der Waals surface area contributed by atoms with Gasteiger partial charge in [0.2, 0.25) is 5.67 Å². The molecule has 1 aromatic rings. The van der Waals surface area contributed by atoms with Crippen molar-refractivity contribution in [3.05, 3.63) is 29.8 Å². The summed E-state index contributed by atoms with van der Waals surface area (Å²) in [6.45, 7) is 2.89. The molecule has 82 valence electrons. The molecule has 0 aliphatic carbocycles. The van der Waals surface area contributed by atoms with Gasteiger partial charge in [-0.15, -0.1) is 0 Å². The Bertz CT molecular complexity index is 343. The summed E-state index contributed by atoms with van der Waals surface area (Å²) >= 11 is 0. The van der Waals surface area contributed by atoms with Gasteiger partial charge in [-0.3, -0.25) is 0 Å². The highest BCUT2D eigenvalue weighted by Gasteiger charge is 2.36. The Labute approximate surface area is 87.5 Å². The maximum atomic E-state index is 14.0. The zero-order valence-electron chi connectivity index (χ0n) is 8.66. The molecule has 0 amide bonds. The van der Waals surface area contributed by atoms with Crippen LogP contribution in [0.1, 0.15) is 19.4 Å². The van der Waals surface area contributed by atoms with Crippen molar-refractivity contribution in [3.8, 4) is 5.75 Å². The van der Waals surface area contributed by atoms with Crippen LogP contribution in [0.3, 0.4) is 0 Å². The summed E-state index contributed by atoms with van der Waals surface area (Å²) < 4.78 is 18.6. The number of carbonyl (C=O) groups is 1. The van der Waals surface area contributed by atoms with Crippen LogP contribution in [-0.2, 0) is 15.2 Å². The normalized spacial score (nSPS) is 14.3. The van der Waals surface area contributed by atoms with E-state index in [1.807, 2.05) is 0 Å². The van der Waals surface area contributed by atoms with Crippen molar-refractivity contribution in [1.82, 2.24) is 0 Å². The Morgan fingerprint density at radius 1 is 1.47 bits per heavy atom. The molecule has 0 fully saturated rings. The van der Waals surface area contributed by atoms with Gasteiger partial charge in [0.15, 0.2) is 0 Å². The average Bonchev–Trinajstić information content (AvgIpc) is 2.18. The highest BCUT2D eigenvalue weighted by Crippen LogP contribution is 2.28. The molecule has 0 saturated carbocycles. The summed E-state index contributed by atoms with van der Waals surface area (Å²) in [5, 5.41) is 9.03. The fourth-order valence-electron chi connectivity index (χ4n) is 1.16. The van der Waals surface area contributed by atoms with Gasteiger partial charge in [-0.1, -0.05) is 12.1 Å². The molecule has 0 spiro atoms. The van der Waals surface area contributed by atoms with Crippen molar-refractivity contribution in [2.45, 2.75) is 19.5 Å². The van der Waals surface area contributed by atoms with Crippen molar-refractivity contribution < 1.29 is 19.0 Å². The standard InChI is InChI=1S/C11H13FO3/c1-3-15-10(14)11(2,12)8-4-6-9(13)7-5-8/h4-7,13H,3H2,1-2H3. The van der Waals surface area contributed by atoms with Gasteiger partial charge in [0.05, 0.1) is 6.61 Å². The van der Waals surface area contributed by atoms with E-state index in [-0.39, 0.29) is 17.9 Å². The Balaban J connectivity index is 2.94. The molecular formula is C11H13FO3. The predicted octanol–water partition coefficient (Wildman–Crippen LogP) is 2.14. The van der Waals surface area contributed by atoms with Crippen molar-refractivity contribution >= 4 is 5.97 Å². The SMILES string of the molecule is CCOC(=O)C(C)(F)c1ccc(O)cc1.